The van der Waals surface area contributed by atoms with E-state index in [9.17, 15) is 0 Å². The van der Waals surface area contributed by atoms with Crippen molar-refractivity contribution >= 4 is 34.2 Å². The van der Waals surface area contributed by atoms with E-state index in [4.69, 9.17) is 26.5 Å². The lowest BCUT2D eigenvalue weighted by Crippen LogP contribution is -2.46. The van der Waals surface area contributed by atoms with Crippen molar-refractivity contribution in [3.8, 4) is 16.5 Å². The highest BCUT2D eigenvalue weighted by atomic mass is 32.1. The van der Waals surface area contributed by atoms with Gasteiger partial charge in [0.15, 0.2) is 5.11 Å². The molecule has 1 atom stereocenters. The number of rotatable bonds is 7. The number of thiocarbonyl (C=S) groups is 1. The Morgan fingerprint density at radius 3 is 2.70 bits per heavy atom. The molecule has 0 spiro atoms. The first kappa shape index (κ1) is 20.6. The van der Waals surface area contributed by atoms with Gasteiger partial charge in [-0.3, -0.25) is 0 Å². The van der Waals surface area contributed by atoms with Gasteiger partial charge in [-0.25, -0.2) is 0 Å². The highest BCUT2D eigenvalue weighted by Crippen LogP contribution is 2.38. The number of nitrogens with zero attached hydrogens (tertiary/aromatic N) is 3. The van der Waals surface area contributed by atoms with Crippen LogP contribution in [0.15, 0.2) is 52.0 Å². The SMILES string of the molecule is CCCN1C(=S)NC(c2ccc(OCC)cc2)C(c2nc(-c3cccs3)no2)=C1C. The van der Waals surface area contributed by atoms with Gasteiger partial charge in [-0.1, -0.05) is 30.3 Å². The van der Waals surface area contributed by atoms with Crippen LogP contribution in [0.3, 0.4) is 0 Å². The zero-order valence-corrected chi connectivity index (χ0v) is 18.8. The molecule has 8 heteroatoms. The van der Waals surface area contributed by atoms with Crippen LogP contribution < -0.4 is 10.1 Å². The lowest BCUT2D eigenvalue weighted by atomic mass is 9.94. The Kier molecular flexibility index (Phi) is 6.15. The van der Waals surface area contributed by atoms with E-state index in [-0.39, 0.29) is 6.04 Å². The minimum Gasteiger partial charge on any atom is -0.494 e. The Morgan fingerprint density at radius 1 is 1.23 bits per heavy atom. The van der Waals surface area contributed by atoms with Crippen LogP contribution in [0.5, 0.6) is 5.75 Å². The van der Waals surface area contributed by atoms with Gasteiger partial charge in [0.1, 0.15) is 5.75 Å². The molecule has 0 saturated heterocycles. The topological polar surface area (TPSA) is 63.4 Å². The average molecular weight is 441 g/mol. The number of allylic oxidation sites excluding steroid dienone is 1. The molecule has 2 aromatic heterocycles. The third kappa shape index (κ3) is 3.97. The molecule has 0 fully saturated rings. The van der Waals surface area contributed by atoms with Gasteiger partial charge in [0.2, 0.25) is 5.82 Å². The molecule has 0 bridgehead atoms. The fourth-order valence-corrected chi connectivity index (χ4v) is 4.56. The minimum absolute atomic E-state index is 0.182. The van der Waals surface area contributed by atoms with Crippen molar-refractivity contribution in [2.24, 2.45) is 0 Å². The smallest absolute Gasteiger partial charge is 0.258 e. The Morgan fingerprint density at radius 2 is 2.03 bits per heavy atom. The van der Waals surface area contributed by atoms with Gasteiger partial charge >= 0.3 is 0 Å². The van der Waals surface area contributed by atoms with Gasteiger partial charge < -0.3 is 19.5 Å². The first-order chi connectivity index (χ1) is 14.6. The molecule has 0 amide bonds. The highest BCUT2D eigenvalue weighted by molar-refractivity contribution is 7.80. The van der Waals surface area contributed by atoms with Crippen molar-refractivity contribution in [1.82, 2.24) is 20.4 Å². The second kappa shape index (κ2) is 8.97. The third-order valence-electron chi connectivity index (χ3n) is 4.97. The van der Waals surface area contributed by atoms with Crippen LogP contribution in [0.25, 0.3) is 16.3 Å². The van der Waals surface area contributed by atoms with Crippen LogP contribution in [0, 0.1) is 0 Å². The quantitative estimate of drug-likeness (QED) is 0.502. The number of nitrogens with one attached hydrogen (secondary N) is 1. The largest absolute Gasteiger partial charge is 0.494 e. The van der Waals surface area contributed by atoms with E-state index in [0.29, 0.717) is 23.4 Å². The van der Waals surface area contributed by atoms with Crippen molar-refractivity contribution in [3.63, 3.8) is 0 Å². The Hall–Kier alpha value is -2.71. The normalized spacial score (nSPS) is 16.7. The molecule has 6 nitrogen and oxygen atoms in total. The summed E-state index contributed by atoms with van der Waals surface area (Å²) in [5.41, 5.74) is 3.03. The average Bonchev–Trinajstić information content (AvgIpc) is 3.43. The molecule has 0 saturated carbocycles. The van der Waals surface area contributed by atoms with Crippen LogP contribution in [0.2, 0.25) is 0 Å². The molecule has 3 heterocycles. The lowest BCUT2D eigenvalue weighted by Gasteiger charge is -2.37. The number of hydrogen-bond donors (Lipinski definition) is 1. The summed E-state index contributed by atoms with van der Waals surface area (Å²) in [5, 5.41) is 10.4. The molecule has 1 aliphatic heterocycles. The van der Waals surface area contributed by atoms with Gasteiger partial charge in [-0.05, 0) is 61.6 Å². The van der Waals surface area contributed by atoms with Crippen molar-refractivity contribution in [3.05, 3.63) is 58.9 Å². The van der Waals surface area contributed by atoms with E-state index in [0.717, 1.165) is 40.4 Å². The van der Waals surface area contributed by atoms with Crippen LogP contribution in [-0.4, -0.2) is 33.3 Å². The second-order valence-electron chi connectivity index (χ2n) is 6.94. The van der Waals surface area contributed by atoms with E-state index in [1.165, 1.54) is 0 Å². The molecular formula is C22H24N4O2S2. The van der Waals surface area contributed by atoms with Crippen LogP contribution >= 0.6 is 23.6 Å². The first-order valence-electron chi connectivity index (χ1n) is 10.0. The summed E-state index contributed by atoms with van der Waals surface area (Å²) < 4.78 is 11.3. The van der Waals surface area contributed by atoms with Crippen molar-refractivity contribution in [2.45, 2.75) is 33.2 Å². The number of hydrogen-bond acceptors (Lipinski definition) is 6. The zero-order valence-electron chi connectivity index (χ0n) is 17.2. The first-order valence-corrected chi connectivity index (χ1v) is 11.3. The molecule has 3 aromatic rings. The summed E-state index contributed by atoms with van der Waals surface area (Å²) in [4.78, 5) is 7.79. The molecule has 4 rings (SSSR count). The van der Waals surface area contributed by atoms with E-state index in [1.54, 1.807) is 11.3 Å². The fourth-order valence-electron chi connectivity index (χ4n) is 3.56. The van der Waals surface area contributed by atoms with Crippen LogP contribution in [0.4, 0.5) is 0 Å². The Bertz CT molecular complexity index is 1040. The summed E-state index contributed by atoms with van der Waals surface area (Å²) in [7, 11) is 0. The van der Waals surface area contributed by atoms with E-state index >= 15 is 0 Å². The monoisotopic (exact) mass is 440 g/mol. The minimum atomic E-state index is -0.182. The maximum absolute atomic E-state index is 5.73. The molecule has 1 aromatic carbocycles. The number of aromatic nitrogens is 2. The molecule has 1 aliphatic rings. The van der Waals surface area contributed by atoms with Crippen molar-refractivity contribution in [1.29, 1.82) is 0 Å². The van der Waals surface area contributed by atoms with Crippen LogP contribution in [-0.2, 0) is 0 Å². The van der Waals surface area contributed by atoms with Gasteiger partial charge in [0.05, 0.1) is 23.1 Å². The molecule has 30 heavy (non-hydrogen) atoms. The fraction of sp³-hybridized carbons (Fsp3) is 0.318. The molecule has 0 aliphatic carbocycles. The van der Waals surface area contributed by atoms with Gasteiger partial charge in [0, 0.05) is 12.2 Å². The van der Waals surface area contributed by atoms with Gasteiger partial charge in [-0.2, -0.15) is 4.98 Å². The molecule has 0 radical (unpaired) electrons. The third-order valence-corrected chi connectivity index (χ3v) is 6.17. The van der Waals surface area contributed by atoms with Gasteiger partial charge in [0.25, 0.3) is 5.89 Å². The molecule has 1 N–H and O–H groups in total. The Balaban J connectivity index is 1.77. The Labute approximate surface area is 185 Å². The van der Waals surface area contributed by atoms with E-state index in [2.05, 4.69) is 29.2 Å². The van der Waals surface area contributed by atoms with Crippen LogP contribution in [0.1, 0.15) is 44.7 Å². The molecular weight excluding hydrogens is 416 g/mol. The van der Waals surface area contributed by atoms with Gasteiger partial charge in [-0.15, -0.1) is 11.3 Å². The van der Waals surface area contributed by atoms with Crippen molar-refractivity contribution in [2.75, 3.05) is 13.2 Å². The van der Waals surface area contributed by atoms with E-state index < -0.39 is 0 Å². The van der Waals surface area contributed by atoms with Crippen molar-refractivity contribution < 1.29 is 9.26 Å². The summed E-state index contributed by atoms with van der Waals surface area (Å²) in [6.07, 6.45) is 0.977. The number of thiophene rings is 1. The maximum Gasteiger partial charge on any atom is 0.258 e. The predicted octanol–water partition coefficient (Wildman–Crippen LogP) is 5.27. The summed E-state index contributed by atoms with van der Waals surface area (Å²) in [5.74, 6) is 1.94. The number of benzene rings is 1. The molecule has 1 unspecified atom stereocenters. The standard InChI is InChI=1S/C22H24N4O2S2/c1-4-12-26-14(3)18(21-24-20(25-28-21)17-7-6-13-30-17)19(23-22(26)29)15-8-10-16(11-9-15)27-5-2/h6-11,13,19H,4-5,12H2,1-3H3,(H,23,29). The lowest BCUT2D eigenvalue weighted by molar-refractivity contribution is 0.340. The predicted molar refractivity (Wildman–Crippen MR) is 123 cm³/mol. The molecule has 156 valence electrons. The van der Waals surface area contributed by atoms with E-state index in [1.807, 2.05) is 48.7 Å². The zero-order chi connectivity index (χ0) is 21.1. The highest BCUT2D eigenvalue weighted by Gasteiger charge is 2.33. The second-order valence-corrected chi connectivity index (χ2v) is 8.27. The summed E-state index contributed by atoms with van der Waals surface area (Å²) in [6.45, 7) is 7.63. The number of ether oxygens (including phenoxy) is 1. The summed E-state index contributed by atoms with van der Waals surface area (Å²) in [6, 6.07) is 11.8. The maximum atomic E-state index is 5.73. The summed E-state index contributed by atoms with van der Waals surface area (Å²) >= 11 is 7.27.